The van der Waals surface area contributed by atoms with Gasteiger partial charge in [-0.2, -0.15) is 5.10 Å². The average Bonchev–Trinajstić information content (AvgIpc) is 2.77. The molecule has 0 aliphatic carbocycles. The minimum absolute atomic E-state index is 0.00718. The minimum Gasteiger partial charge on any atom is -0.481 e. The number of hydrogen-bond acceptors (Lipinski definition) is 5. The Kier molecular flexibility index (Phi) is 4.78. The van der Waals surface area contributed by atoms with Crippen LogP contribution in [0.2, 0.25) is 0 Å². The van der Waals surface area contributed by atoms with Crippen LogP contribution in [0, 0.1) is 0 Å². The Morgan fingerprint density at radius 1 is 1.33 bits per heavy atom. The molecule has 0 radical (unpaired) electrons. The van der Waals surface area contributed by atoms with Crippen molar-refractivity contribution in [1.29, 1.82) is 0 Å². The van der Waals surface area contributed by atoms with Crippen molar-refractivity contribution in [2.45, 2.75) is 25.4 Å². The maximum absolute atomic E-state index is 11.4. The van der Waals surface area contributed by atoms with Gasteiger partial charge >= 0.3 is 11.9 Å². The zero-order chi connectivity index (χ0) is 13.5. The van der Waals surface area contributed by atoms with Crippen LogP contribution in [0.15, 0.2) is 12.7 Å². The van der Waals surface area contributed by atoms with Crippen LogP contribution in [0.25, 0.3) is 0 Å². The number of carbonyl (C=O) groups is 3. The molecule has 0 fully saturated rings. The Morgan fingerprint density at radius 3 is 2.56 bits per heavy atom. The maximum Gasteiger partial charge on any atom is 0.326 e. The van der Waals surface area contributed by atoms with E-state index in [9.17, 15) is 14.4 Å². The van der Waals surface area contributed by atoms with E-state index < -0.39 is 30.3 Å². The quantitative estimate of drug-likeness (QED) is 0.552. The molecule has 18 heavy (non-hydrogen) atoms. The van der Waals surface area contributed by atoms with Gasteiger partial charge in [0.05, 0.1) is 13.0 Å². The first-order valence-corrected chi connectivity index (χ1v) is 5.05. The van der Waals surface area contributed by atoms with Crippen LogP contribution in [-0.2, 0) is 20.9 Å². The molecular weight excluding hydrogens is 244 g/mol. The first-order valence-electron chi connectivity index (χ1n) is 5.05. The Labute approximate surface area is 101 Å². The molecule has 1 atom stereocenters. The molecule has 0 aromatic carbocycles. The predicted octanol–water partition coefficient (Wildman–Crippen LogP) is -1.29. The van der Waals surface area contributed by atoms with Crippen molar-refractivity contribution in [2.75, 3.05) is 0 Å². The van der Waals surface area contributed by atoms with E-state index >= 15 is 0 Å². The number of rotatable bonds is 7. The summed E-state index contributed by atoms with van der Waals surface area (Å²) < 4.78 is 1.41. The Morgan fingerprint density at radius 2 is 2.06 bits per heavy atom. The first kappa shape index (κ1) is 13.6. The molecule has 3 N–H and O–H groups in total. The summed E-state index contributed by atoms with van der Waals surface area (Å²) in [5.74, 6) is -3.23. The fourth-order valence-electron chi connectivity index (χ4n) is 1.21. The third kappa shape index (κ3) is 4.60. The van der Waals surface area contributed by atoms with Crippen LogP contribution >= 0.6 is 0 Å². The Bertz CT molecular complexity index is 430. The van der Waals surface area contributed by atoms with Crippen LogP contribution in [0.5, 0.6) is 0 Å². The SMILES string of the molecule is O=C(O)C[C@@H](NC(=O)CCn1cncn1)C(=O)O. The molecule has 0 saturated carbocycles. The molecule has 0 aliphatic heterocycles. The summed E-state index contributed by atoms with van der Waals surface area (Å²) in [4.78, 5) is 36.2. The standard InChI is InChI=1S/C9H12N4O5/c14-7(1-2-13-5-10-4-11-13)12-6(9(17)18)3-8(15)16/h4-6H,1-3H2,(H,12,14)(H,15,16)(H,17,18)/t6-/m1/s1. The number of amides is 1. The number of nitrogens with zero attached hydrogens (tertiary/aromatic N) is 3. The van der Waals surface area contributed by atoms with Gasteiger partial charge in [0.25, 0.3) is 0 Å². The fraction of sp³-hybridized carbons (Fsp3) is 0.444. The summed E-state index contributed by atoms with van der Waals surface area (Å²) >= 11 is 0. The van der Waals surface area contributed by atoms with E-state index in [4.69, 9.17) is 10.2 Å². The van der Waals surface area contributed by atoms with Gasteiger partial charge in [-0.15, -0.1) is 0 Å². The predicted molar refractivity (Wildman–Crippen MR) is 56.5 cm³/mol. The highest BCUT2D eigenvalue weighted by Gasteiger charge is 2.22. The second kappa shape index (κ2) is 6.33. The number of aryl methyl sites for hydroxylation is 1. The average molecular weight is 256 g/mol. The summed E-state index contributed by atoms with van der Waals surface area (Å²) in [6, 6.07) is -1.43. The molecule has 1 rings (SSSR count). The number of aromatic nitrogens is 3. The molecule has 0 aliphatic rings. The van der Waals surface area contributed by atoms with E-state index in [-0.39, 0.29) is 13.0 Å². The monoisotopic (exact) mass is 256 g/mol. The summed E-state index contributed by atoms with van der Waals surface area (Å²) in [6.45, 7) is 0.241. The molecule has 0 bridgehead atoms. The summed E-state index contributed by atoms with van der Waals surface area (Å²) in [5, 5.41) is 23.1. The fourth-order valence-corrected chi connectivity index (χ4v) is 1.21. The third-order valence-corrected chi connectivity index (χ3v) is 2.05. The molecule has 1 aromatic rings. The van der Waals surface area contributed by atoms with Gasteiger partial charge in [0.2, 0.25) is 5.91 Å². The lowest BCUT2D eigenvalue weighted by molar-refractivity contribution is -0.147. The minimum atomic E-state index is -1.43. The second-order valence-electron chi connectivity index (χ2n) is 3.46. The van der Waals surface area contributed by atoms with Gasteiger partial charge in [0.15, 0.2) is 0 Å². The number of aliphatic carboxylic acids is 2. The van der Waals surface area contributed by atoms with E-state index in [1.807, 2.05) is 0 Å². The van der Waals surface area contributed by atoms with Crippen LogP contribution in [0.4, 0.5) is 0 Å². The van der Waals surface area contributed by atoms with Gasteiger partial charge in [-0.25, -0.2) is 9.78 Å². The van der Waals surface area contributed by atoms with Gasteiger partial charge < -0.3 is 15.5 Å². The number of carboxylic acid groups (broad SMARTS) is 2. The van der Waals surface area contributed by atoms with Crippen LogP contribution in [0.1, 0.15) is 12.8 Å². The van der Waals surface area contributed by atoms with E-state index in [2.05, 4.69) is 15.4 Å². The zero-order valence-electron chi connectivity index (χ0n) is 9.31. The second-order valence-corrected chi connectivity index (χ2v) is 3.46. The van der Waals surface area contributed by atoms with Crippen molar-refractivity contribution in [3.8, 4) is 0 Å². The Balaban J connectivity index is 2.41. The molecule has 9 heteroatoms. The highest BCUT2D eigenvalue weighted by atomic mass is 16.4. The van der Waals surface area contributed by atoms with Crippen molar-refractivity contribution >= 4 is 17.8 Å². The number of carbonyl (C=O) groups excluding carboxylic acids is 1. The lowest BCUT2D eigenvalue weighted by Gasteiger charge is -2.12. The van der Waals surface area contributed by atoms with Gasteiger partial charge in [0.1, 0.15) is 18.7 Å². The van der Waals surface area contributed by atoms with Gasteiger partial charge in [-0.1, -0.05) is 0 Å². The van der Waals surface area contributed by atoms with Gasteiger partial charge in [-0.3, -0.25) is 14.3 Å². The summed E-state index contributed by atoms with van der Waals surface area (Å²) in [6.07, 6.45) is 2.05. The summed E-state index contributed by atoms with van der Waals surface area (Å²) in [7, 11) is 0. The lowest BCUT2D eigenvalue weighted by Crippen LogP contribution is -2.42. The molecule has 0 unspecified atom stereocenters. The van der Waals surface area contributed by atoms with Crippen molar-refractivity contribution in [2.24, 2.45) is 0 Å². The third-order valence-electron chi connectivity index (χ3n) is 2.05. The molecule has 0 saturated heterocycles. The molecule has 98 valence electrons. The normalized spacial score (nSPS) is 11.8. The van der Waals surface area contributed by atoms with Crippen molar-refractivity contribution in [1.82, 2.24) is 20.1 Å². The number of hydrogen-bond donors (Lipinski definition) is 3. The van der Waals surface area contributed by atoms with E-state index in [0.29, 0.717) is 0 Å². The number of carboxylic acids is 2. The van der Waals surface area contributed by atoms with E-state index in [1.165, 1.54) is 17.3 Å². The van der Waals surface area contributed by atoms with E-state index in [1.54, 1.807) is 0 Å². The highest BCUT2D eigenvalue weighted by molar-refractivity contribution is 5.86. The molecule has 9 nitrogen and oxygen atoms in total. The van der Waals surface area contributed by atoms with Gasteiger partial charge in [-0.05, 0) is 0 Å². The highest BCUT2D eigenvalue weighted by Crippen LogP contribution is 1.95. The Hall–Kier alpha value is -2.45. The largest absolute Gasteiger partial charge is 0.481 e. The molecule has 1 aromatic heterocycles. The van der Waals surface area contributed by atoms with Crippen molar-refractivity contribution in [3.63, 3.8) is 0 Å². The molecular formula is C9H12N4O5. The topological polar surface area (TPSA) is 134 Å². The molecule has 1 amide bonds. The van der Waals surface area contributed by atoms with Crippen LogP contribution in [-0.4, -0.2) is 48.9 Å². The molecule has 1 heterocycles. The first-order chi connectivity index (χ1) is 8.49. The zero-order valence-corrected chi connectivity index (χ0v) is 9.31. The van der Waals surface area contributed by atoms with Crippen molar-refractivity contribution < 1.29 is 24.6 Å². The maximum atomic E-state index is 11.4. The number of nitrogens with one attached hydrogen (secondary N) is 1. The van der Waals surface area contributed by atoms with Crippen LogP contribution in [0.3, 0.4) is 0 Å². The van der Waals surface area contributed by atoms with Crippen LogP contribution < -0.4 is 5.32 Å². The molecule has 0 spiro atoms. The van der Waals surface area contributed by atoms with Gasteiger partial charge in [0, 0.05) is 6.42 Å². The smallest absolute Gasteiger partial charge is 0.326 e. The lowest BCUT2D eigenvalue weighted by atomic mass is 10.2. The van der Waals surface area contributed by atoms with E-state index in [0.717, 1.165) is 0 Å². The summed E-state index contributed by atoms with van der Waals surface area (Å²) in [5.41, 5.74) is 0. The van der Waals surface area contributed by atoms with Crippen molar-refractivity contribution in [3.05, 3.63) is 12.7 Å².